The SMILES string of the molecule is CN=C(NCC1(c2ccccc2F)CC1)N1CCC(C)CC1. The molecule has 120 valence electrons. The van der Waals surface area contributed by atoms with Crippen molar-refractivity contribution in [2.45, 2.75) is 38.0 Å². The van der Waals surface area contributed by atoms with Crippen LogP contribution in [0.5, 0.6) is 0 Å². The standard InChI is InChI=1S/C18H26FN3/c1-14-7-11-22(12-8-14)17(20-2)21-13-18(9-10-18)15-5-3-4-6-16(15)19/h3-6,14H,7-13H2,1-2H3,(H,20,21). The number of guanidine groups is 1. The van der Waals surface area contributed by atoms with Crippen molar-refractivity contribution in [3.8, 4) is 0 Å². The molecule has 3 rings (SSSR count). The van der Waals surface area contributed by atoms with E-state index in [4.69, 9.17) is 0 Å². The van der Waals surface area contributed by atoms with E-state index in [1.807, 2.05) is 19.2 Å². The molecule has 22 heavy (non-hydrogen) atoms. The zero-order valence-corrected chi connectivity index (χ0v) is 13.6. The fourth-order valence-corrected chi connectivity index (χ4v) is 3.38. The van der Waals surface area contributed by atoms with Crippen LogP contribution in [0.2, 0.25) is 0 Å². The van der Waals surface area contributed by atoms with Crippen molar-refractivity contribution in [2.24, 2.45) is 10.9 Å². The second-order valence-corrected chi connectivity index (χ2v) is 6.83. The van der Waals surface area contributed by atoms with Crippen molar-refractivity contribution in [3.63, 3.8) is 0 Å². The molecule has 1 aromatic rings. The van der Waals surface area contributed by atoms with Gasteiger partial charge in [0.05, 0.1) is 0 Å². The molecule has 0 amide bonds. The summed E-state index contributed by atoms with van der Waals surface area (Å²) in [6.07, 6.45) is 4.54. The number of hydrogen-bond acceptors (Lipinski definition) is 1. The number of likely N-dealkylation sites (tertiary alicyclic amines) is 1. The molecule has 1 heterocycles. The van der Waals surface area contributed by atoms with E-state index < -0.39 is 0 Å². The molecular formula is C18H26FN3. The Morgan fingerprint density at radius 3 is 2.59 bits per heavy atom. The average Bonchev–Trinajstić information content (AvgIpc) is 3.31. The Hall–Kier alpha value is -1.58. The molecule has 0 spiro atoms. The van der Waals surface area contributed by atoms with Gasteiger partial charge in [-0.3, -0.25) is 4.99 Å². The quantitative estimate of drug-likeness (QED) is 0.686. The first-order valence-corrected chi connectivity index (χ1v) is 8.35. The minimum absolute atomic E-state index is 0.0373. The third-order valence-corrected chi connectivity index (χ3v) is 5.18. The lowest BCUT2D eigenvalue weighted by molar-refractivity contribution is 0.273. The number of nitrogens with one attached hydrogen (secondary N) is 1. The topological polar surface area (TPSA) is 27.6 Å². The van der Waals surface area contributed by atoms with Gasteiger partial charge >= 0.3 is 0 Å². The van der Waals surface area contributed by atoms with Gasteiger partial charge in [-0.2, -0.15) is 0 Å². The van der Waals surface area contributed by atoms with Gasteiger partial charge in [0.2, 0.25) is 0 Å². The molecule has 1 saturated carbocycles. The molecule has 1 aliphatic carbocycles. The molecule has 3 nitrogen and oxygen atoms in total. The van der Waals surface area contributed by atoms with Gasteiger partial charge in [-0.15, -0.1) is 0 Å². The van der Waals surface area contributed by atoms with Crippen LogP contribution in [0.15, 0.2) is 29.3 Å². The van der Waals surface area contributed by atoms with Gasteiger partial charge in [0.1, 0.15) is 5.82 Å². The predicted octanol–water partition coefficient (Wildman–Crippen LogP) is 3.16. The van der Waals surface area contributed by atoms with Crippen LogP contribution in [0, 0.1) is 11.7 Å². The Balaban J connectivity index is 1.63. The van der Waals surface area contributed by atoms with Gasteiger partial charge in [0.25, 0.3) is 0 Å². The van der Waals surface area contributed by atoms with E-state index in [1.54, 1.807) is 12.1 Å². The Morgan fingerprint density at radius 1 is 1.32 bits per heavy atom. The minimum Gasteiger partial charge on any atom is -0.355 e. The number of benzene rings is 1. The number of hydrogen-bond donors (Lipinski definition) is 1. The Kier molecular flexibility index (Phi) is 4.37. The number of halogens is 1. The van der Waals surface area contributed by atoms with E-state index >= 15 is 0 Å². The number of aliphatic imine (C=N–C) groups is 1. The smallest absolute Gasteiger partial charge is 0.193 e. The summed E-state index contributed by atoms with van der Waals surface area (Å²) in [6.45, 7) is 5.21. The summed E-state index contributed by atoms with van der Waals surface area (Å²) in [4.78, 5) is 6.75. The molecule has 4 heteroatoms. The van der Waals surface area contributed by atoms with Crippen LogP contribution in [0.25, 0.3) is 0 Å². The van der Waals surface area contributed by atoms with Gasteiger partial charge in [0, 0.05) is 32.1 Å². The lowest BCUT2D eigenvalue weighted by atomic mass is 9.95. The third-order valence-electron chi connectivity index (χ3n) is 5.18. The average molecular weight is 303 g/mol. The third kappa shape index (κ3) is 3.11. The van der Waals surface area contributed by atoms with Gasteiger partial charge < -0.3 is 10.2 Å². The lowest BCUT2D eigenvalue weighted by Gasteiger charge is -2.33. The maximum atomic E-state index is 14.1. The summed E-state index contributed by atoms with van der Waals surface area (Å²) < 4.78 is 14.1. The van der Waals surface area contributed by atoms with Crippen molar-refractivity contribution in [2.75, 3.05) is 26.7 Å². The second kappa shape index (κ2) is 6.27. The minimum atomic E-state index is -0.0800. The second-order valence-electron chi connectivity index (χ2n) is 6.83. The van der Waals surface area contributed by atoms with Crippen LogP contribution < -0.4 is 5.32 Å². The first kappa shape index (κ1) is 15.3. The molecule has 0 bridgehead atoms. The van der Waals surface area contributed by atoms with Crippen molar-refractivity contribution in [1.29, 1.82) is 0 Å². The summed E-state index contributed by atoms with van der Waals surface area (Å²) >= 11 is 0. The molecule has 0 aromatic heterocycles. The van der Waals surface area contributed by atoms with Gasteiger partial charge in [-0.05, 0) is 43.2 Å². The van der Waals surface area contributed by atoms with Crippen LogP contribution in [0.4, 0.5) is 4.39 Å². The number of piperidine rings is 1. The zero-order chi connectivity index (χ0) is 15.6. The largest absolute Gasteiger partial charge is 0.355 e. The molecule has 0 unspecified atom stereocenters. The highest BCUT2D eigenvalue weighted by atomic mass is 19.1. The Bertz CT molecular complexity index is 543. The van der Waals surface area contributed by atoms with Crippen LogP contribution in [0.3, 0.4) is 0 Å². The molecule has 2 aliphatic rings. The summed E-state index contributed by atoms with van der Waals surface area (Å²) in [5.74, 6) is 1.70. The van der Waals surface area contributed by atoms with Gasteiger partial charge in [-0.25, -0.2) is 4.39 Å². The first-order valence-electron chi connectivity index (χ1n) is 8.35. The van der Waals surface area contributed by atoms with E-state index in [2.05, 4.69) is 22.1 Å². The number of rotatable bonds is 3. The summed E-state index contributed by atoms with van der Waals surface area (Å²) in [5.41, 5.74) is 0.815. The van der Waals surface area contributed by atoms with E-state index in [-0.39, 0.29) is 11.2 Å². The van der Waals surface area contributed by atoms with Crippen molar-refractivity contribution < 1.29 is 4.39 Å². The van der Waals surface area contributed by atoms with Crippen molar-refractivity contribution >= 4 is 5.96 Å². The highest BCUT2D eigenvalue weighted by Crippen LogP contribution is 2.48. The summed E-state index contributed by atoms with van der Waals surface area (Å²) in [7, 11) is 1.84. The van der Waals surface area contributed by atoms with Gasteiger partial charge in [-0.1, -0.05) is 25.1 Å². The Labute approximate surface area is 132 Å². The van der Waals surface area contributed by atoms with Crippen LogP contribution in [0.1, 0.15) is 38.2 Å². The normalized spacial score (nSPS) is 21.8. The van der Waals surface area contributed by atoms with Gasteiger partial charge in [0.15, 0.2) is 5.96 Å². The zero-order valence-electron chi connectivity index (χ0n) is 13.6. The van der Waals surface area contributed by atoms with Crippen molar-refractivity contribution in [1.82, 2.24) is 10.2 Å². The fourth-order valence-electron chi connectivity index (χ4n) is 3.38. The summed E-state index contributed by atoms with van der Waals surface area (Å²) in [6, 6.07) is 7.18. The van der Waals surface area contributed by atoms with Crippen molar-refractivity contribution in [3.05, 3.63) is 35.6 Å². The monoisotopic (exact) mass is 303 g/mol. The Morgan fingerprint density at radius 2 is 2.00 bits per heavy atom. The molecule has 1 saturated heterocycles. The molecule has 1 N–H and O–H groups in total. The van der Waals surface area contributed by atoms with E-state index in [0.717, 1.165) is 49.9 Å². The fraction of sp³-hybridized carbons (Fsp3) is 0.611. The van der Waals surface area contributed by atoms with Crippen LogP contribution in [-0.2, 0) is 5.41 Å². The van der Waals surface area contributed by atoms with Crippen LogP contribution >= 0.6 is 0 Å². The molecule has 0 radical (unpaired) electrons. The molecule has 1 aromatic carbocycles. The molecule has 1 aliphatic heterocycles. The van der Waals surface area contributed by atoms with E-state index in [9.17, 15) is 4.39 Å². The maximum Gasteiger partial charge on any atom is 0.193 e. The maximum absolute atomic E-state index is 14.1. The highest BCUT2D eigenvalue weighted by Gasteiger charge is 2.46. The molecule has 2 fully saturated rings. The van der Waals surface area contributed by atoms with E-state index in [0.29, 0.717) is 0 Å². The lowest BCUT2D eigenvalue weighted by Crippen LogP contribution is -2.47. The van der Waals surface area contributed by atoms with E-state index in [1.165, 1.54) is 12.8 Å². The highest BCUT2D eigenvalue weighted by molar-refractivity contribution is 5.80. The molecule has 0 atom stereocenters. The predicted molar refractivity (Wildman–Crippen MR) is 88.6 cm³/mol. The van der Waals surface area contributed by atoms with Crippen LogP contribution in [-0.4, -0.2) is 37.5 Å². The summed E-state index contributed by atoms with van der Waals surface area (Å²) in [5, 5.41) is 3.49. The number of nitrogens with zero attached hydrogens (tertiary/aromatic N) is 2. The molecular weight excluding hydrogens is 277 g/mol. The first-order chi connectivity index (χ1) is 10.6.